The van der Waals surface area contributed by atoms with Crippen LogP contribution in [0.5, 0.6) is 5.75 Å². The lowest BCUT2D eigenvalue weighted by Gasteiger charge is -2.21. The molecule has 0 fully saturated rings. The third-order valence-corrected chi connectivity index (χ3v) is 2.40. The average molecular weight is 286 g/mol. The molecular weight excluding hydrogens is 268 g/mol. The maximum absolute atomic E-state index is 9.72. The van der Waals surface area contributed by atoms with Gasteiger partial charge in [-0.1, -0.05) is 42.8 Å². The summed E-state index contributed by atoms with van der Waals surface area (Å²) < 4.78 is 6.45. The molecule has 0 aromatic heterocycles. The molecule has 3 heteroatoms. The Hall–Kier alpha value is -0.540. The quantitative estimate of drug-likeness (QED) is 0.918. The van der Waals surface area contributed by atoms with Crippen LogP contribution in [0.1, 0.15) is 20.8 Å². The predicted octanol–water partition coefficient (Wildman–Crippen LogP) is 3.44. The van der Waals surface area contributed by atoms with Crippen molar-refractivity contribution in [1.82, 2.24) is 0 Å². The zero-order chi connectivity index (χ0) is 12.2. The molecule has 89 valence electrons. The smallest absolute Gasteiger partial charge is 0.120 e. The first kappa shape index (κ1) is 13.5. The molecule has 0 saturated carbocycles. The largest absolute Gasteiger partial charge is 0.491 e. The van der Waals surface area contributed by atoms with Crippen LogP contribution in [0.3, 0.4) is 0 Å². The Morgan fingerprint density at radius 3 is 2.69 bits per heavy atom. The molecule has 0 heterocycles. The second-order valence-electron chi connectivity index (χ2n) is 4.87. The monoisotopic (exact) mass is 285 g/mol. The van der Waals surface area contributed by atoms with E-state index in [4.69, 9.17) is 4.74 Å². The van der Waals surface area contributed by atoms with Gasteiger partial charge in [0.25, 0.3) is 0 Å². The second kappa shape index (κ2) is 5.69. The molecule has 0 aliphatic rings. The van der Waals surface area contributed by atoms with E-state index in [-0.39, 0.29) is 12.0 Å². The average Bonchev–Trinajstić information content (AvgIpc) is 2.12. The van der Waals surface area contributed by atoms with Crippen molar-refractivity contribution in [3.05, 3.63) is 35.2 Å². The number of hydrogen-bond donors (Lipinski definition) is 1. The first-order chi connectivity index (χ1) is 7.37. The van der Waals surface area contributed by atoms with Gasteiger partial charge in [-0.05, 0) is 30.0 Å². The van der Waals surface area contributed by atoms with Crippen LogP contribution in [0.4, 0.5) is 0 Å². The fourth-order valence-corrected chi connectivity index (χ4v) is 1.74. The highest BCUT2D eigenvalue weighted by Gasteiger charge is 2.17. The molecule has 1 atom stereocenters. The van der Waals surface area contributed by atoms with Gasteiger partial charge < -0.3 is 9.84 Å². The van der Waals surface area contributed by atoms with Crippen molar-refractivity contribution < 1.29 is 9.84 Å². The Kier molecular flexibility index (Phi) is 4.81. The van der Waals surface area contributed by atoms with E-state index in [1.807, 2.05) is 30.7 Å². The zero-order valence-corrected chi connectivity index (χ0v) is 11.5. The number of ether oxygens (including phenoxy) is 1. The molecule has 0 spiro atoms. The van der Waals surface area contributed by atoms with E-state index >= 15 is 0 Å². The molecular formula is C13H18BrO2. The van der Waals surface area contributed by atoms with Gasteiger partial charge in [0.1, 0.15) is 12.4 Å². The number of aliphatic hydroxyl groups is 1. The molecule has 2 nitrogen and oxygen atoms in total. The summed E-state index contributed by atoms with van der Waals surface area (Å²) in [6, 6.07) is 7.59. The van der Waals surface area contributed by atoms with Gasteiger partial charge in [0.05, 0.1) is 6.10 Å². The molecule has 16 heavy (non-hydrogen) atoms. The number of rotatable bonds is 4. The highest BCUT2D eigenvalue weighted by atomic mass is 79.9. The van der Waals surface area contributed by atoms with Gasteiger partial charge in [-0.2, -0.15) is 0 Å². The van der Waals surface area contributed by atoms with E-state index in [0.29, 0.717) is 0 Å². The van der Waals surface area contributed by atoms with Gasteiger partial charge in [0, 0.05) is 4.47 Å². The minimum atomic E-state index is -0.543. The van der Waals surface area contributed by atoms with Crippen molar-refractivity contribution in [2.45, 2.75) is 26.9 Å². The van der Waals surface area contributed by atoms with E-state index in [1.54, 1.807) is 0 Å². The SMILES string of the molecule is CC(C)(C)[CH][C@@H](O)COc1cccc(Br)c1. The number of benzene rings is 1. The maximum atomic E-state index is 9.72. The fourth-order valence-electron chi connectivity index (χ4n) is 1.36. The van der Waals surface area contributed by atoms with Crippen LogP contribution in [0.2, 0.25) is 0 Å². The van der Waals surface area contributed by atoms with Crippen LogP contribution in [0.15, 0.2) is 28.7 Å². The third kappa shape index (κ3) is 5.52. The van der Waals surface area contributed by atoms with Gasteiger partial charge in [-0.25, -0.2) is 0 Å². The van der Waals surface area contributed by atoms with Crippen molar-refractivity contribution in [2.75, 3.05) is 6.61 Å². The summed E-state index contributed by atoms with van der Waals surface area (Å²) >= 11 is 3.37. The Balaban J connectivity index is 2.40. The summed E-state index contributed by atoms with van der Waals surface area (Å²) in [6.07, 6.45) is 1.34. The number of hydrogen-bond acceptors (Lipinski definition) is 2. The lowest BCUT2D eigenvalue weighted by atomic mass is 9.89. The lowest BCUT2D eigenvalue weighted by Crippen LogP contribution is -2.24. The summed E-state index contributed by atoms with van der Waals surface area (Å²) in [5.41, 5.74) is 0.0000475. The molecule has 0 bridgehead atoms. The third-order valence-electron chi connectivity index (χ3n) is 1.91. The Bertz CT molecular complexity index is 331. The Labute approximate surface area is 106 Å². The minimum Gasteiger partial charge on any atom is -0.491 e. The van der Waals surface area contributed by atoms with E-state index < -0.39 is 6.10 Å². The van der Waals surface area contributed by atoms with E-state index in [2.05, 4.69) is 36.7 Å². The van der Waals surface area contributed by atoms with Gasteiger partial charge in [0.2, 0.25) is 0 Å². The second-order valence-corrected chi connectivity index (χ2v) is 5.78. The van der Waals surface area contributed by atoms with Crippen LogP contribution in [0, 0.1) is 11.8 Å². The van der Waals surface area contributed by atoms with Crippen LogP contribution < -0.4 is 4.74 Å². The molecule has 1 N–H and O–H groups in total. The van der Waals surface area contributed by atoms with Gasteiger partial charge in [-0.3, -0.25) is 0 Å². The molecule has 1 aromatic carbocycles. The molecule has 0 saturated heterocycles. The molecule has 1 rings (SSSR count). The number of halogens is 1. The molecule has 1 radical (unpaired) electrons. The van der Waals surface area contributed by atoms with E-state index in [9.17, 15) is 5.11 Å². The highest BCUT2D eigenvalue weighted by molar-refractivity contribution is 9.10. The van der Waals surface area contributed by atoms with E-state index in [0.717, 1.165) is 10.2 Å². The van der Waals surface area contributed by atoms with Crippen molar-refractivity contribution >= 4 is 15.9 Å². The first-order valence-corrected chi connectivity index (χ1v) is 6.08. The molecule has 0 aliphatic heterocycles. The minimum absolute atomic E-state index is 0.0000475. The summed E-state index contributed by atoms with van der Waals surface area (Å²) in [6.45, 7) is 6.44. The molecule has 0 amide bonds. The normalized spacial score (nSPS) is 13.6. The van der Waals surface area contributed by atoms with Crippen molar-refractivity contribution in [2.24, 2.45) is 5.41 Å². The van der Waals surface area contributed by atoms with Crippen molar-refractivity contribution in [3.63, 3.8) is 0 Å². The zero-order valence-electron chi connectivity index (χ0n) is 9.90. The van der Waals surface area contributed by atoms with Crippen LogP contribution in [-0.2, 0) is 0 Å². The standard InChI is InChI=1S/C13H18BrO2/c1-13(2,3)8-11(15)9-16-12-6-4-5-10(14)7-12/h4-8,11,15H,9H2,1-3H3/t11-/m1/s1. The maximum Gasteiger partial charge on any atom is 0.120 e. The molecule has 0 unspecified atom stereocenters. The van der Waals surface area contributed by atoms with Gasteiger partial charge in [-0.15, -0.1) is 0 Å². The molecule has 0 aliphatic carbocycles. The number of aliphatic hydroxyl groups excluding tert-OH is 1. The Morgan fingerprint density at radius 1 is 1.44 bits per heavy atom. The fraction of sp³-hybridized carbons (Fsp3) is 0.462. The van der Waals surface area contributed by atoms with Crippen molar-refractivity contribution in [1.29, 1.82) is 0 Å². The summed E-state index contributed by atoms with van der Waals surface area (Å²) in [5, 5.41) is 9.72. The summed E-state index contributed by atoms with van der Waals surface area (Å²) in [7, 11) is 0. The predicted molar refractivity (Wildman–Crippen MR) is 69.4 cm³/mol. The molecule has 1 aromatic rings. The summed E-state index contributed by atoms with van der Waals surface area (Å²) in [5.74, 6) is 0.760. The summed E-state index contributed by atoms with van der Waals surface area (Å²) in [4.78, 5) is 0. The van der Waals surface area contributed by atoms with Crippen LogP contribution in [0.25, 0.3) is 0 Å². The topological polar surface area (TPSA) is 29.5 Å². The van der Waals surface area contributed by atoms with Gasteiger partial charge >= 0.3 is 0 Å². The van der Waals surface area contributed by atoms with E-state index in [1.165, 1.54) is 0 Å². The lowest BCUT2D eigenvalue weighted by molar-refractivity contribution is 0.115. The first-order valence-electron chi connectivity index (χ1n) is 5.29. The van der Waals surface area contributed by atoms with Crippen LogP contribution in [-0.4, -0.2) is 17.8 Å². The highest BCUT2D eigenvalue weighted by Crippen LogP contribution is 2.21. The Morgan fingerprint density at radius 2 is 2.12 bits per heavy atom. The van der Waals surface area contributed by atoms with Crippen molar-refractivity contribution in [3.8, 4) is 5.75 Å². The van der Waals surface area contributed by atoms with Crippen LogP contribution >= 0.6 is 15.9 Å². The van der Waals surface area contributed by atoms with Gasteiger partial charge in [0.15, 0.2) is 0 Å².